The van der Waals surface area contributed by atoms with Crippen LogP contribution in [0, 0.1) is 14.9 Å². The summed E-state index contributed by atoms with van der Waals surface area (Å²) < 4.78 is 25.7. The number of non-ortho nitro benzene ring substituents is 1. The maximum absolute atomic E-state index is 11.8. The lowest BCUT2D eigenvalue weighted by atomic mass is 10.0. The van der Waals surface area contributed by atoms with Gasteiger partial charge in [0.25, 0.3) is 5.69 Å². The van der Waals surface area contributed by atoms with Crippen molar-refractivity contribution < 1.29 is 13.3 Å². The highest BCUT2D eigenvalue weighted by molar-refractivity contribution is 7.91. The molecule has 0 saturated carbocycles. The average molecular weight is 327 g/mol. The third-order valence-electron chi connectivity index (χ3n) is 3.90. The molecule has 1 saturated heterocycles. The Morgan fingerprint density at radius 1 is 1.48 bits per heavy atom. The van der Waals surface area contributed by atoms with E-state index in [1.165, 1.54) is 12.1 Å². The second-order valence-electron chi connectivity index (χ2n) is 5.56. The van der Waals surface area contributed by atoms with E-state index >= 15 is 0 Å². The highest BCUT2D eigenvalue weighted by Crippen LogP contribution is 2.34. The predicted octanol–water partition coefficient (Wildman–Crippen LogP) is 2.14. The quantitative estimate of drug-likeness (QED) is 0.518. The van der Waals surface area contributed by atoms with Crippen molar-refractivity contribution in [1.29, 1.82) is 0 Å². The van der Waals surface area contributed by atoms with Gasteiger partial charge < -0.3 is 9.55 Å². The van der Waals surface area contributed by atoms with Crippen LogP contribution < -0.4 is 0 Å². The smallest absolute Gasteiger partial charge is 0.271 e. The molecule has 9 heteroatoms. The van der Waals surface area contributed by atoms with Gasteiger partial charge in [0.1, 0.15) is 0 Å². The van der Waals surface area contributed by atoms with E-state index in [4.69, 9.17) is 12.2 Å². The number of H-pyrrole nitrogens is 1. The van der Waals surface area contributed by atoms with Gasteiger partial charge in [0.15, 0.2) is 14.6 Å². The monoisotopic (exact) mass is 327 g/mol. The summed E-state index contributed by atoms with van der Waals surface area (Å²) in [4.78, 5) is 13.4. The highest BCUT2D eigenvalue weighted by atomic mass is 32.2. The Hall–Kier alpha value is -1.74. The van der Waals surface area contributed by atoms with Crippen molar-refractivity contribution in [2.24, 2.45) is 0 Å². The van der Waals surface area contributed by atoms with Gasteiger partial charge in [-0.25, -0.2) is 8.42 Å². The summed E-state index contributed by atoms with van der Waals surface area (Å²) in [6, 6.07) is 4.41. The number of sulfone groups is 1. The topological polar surface area (TPSA) is 98.0 Å². The van der Waals surface area contributed by atoms with Crippen molar-refractivity contribution in [3.8, 4) is 0 Å². The minimum atomic E-state index is -3.11. The Balaban J connectivity index is 2.27. The first-order chi connectivity index (χ1) is 9.72. The molecule has 7 nitrogen and oxygen atoms in total. The molecule has 1 N–H and O–H groups in total. The van der Waals surface area contributed by atoms with E-state index in [9.17, 15) is 18.5 Å². The molecule has 2 aromatic rings. The Morgan fingerprint density at radius 2 is 2.19 bits per heavy atom. The lowest BCUT2D eigenvalue weighted by Crippen LogP contribution is -2.31. The van der Waals surface area contributed by atoms with Gasteiger partial charge in [0.05, 0.1) is 33.0 Å². The fraction of sp³-hybridized carbons (Fsp3) is 0.417. The maximum atomic E-state index is 11.8. The Morgan fingerprint density at radius 3 is 2.76 bits per heavy atom. The summed E-state index contributed by atoms with van der Waals surface area (Å²) >= 11 is 5.29. The van der Waals surface area contributed by atoms with E-state index in [0.29, 0.717) is 22.2 Å². The summed E-state index contributed by atoms with van der Waals surface area (Å²) in [5.74, 6) is 0.0941. The van der Waals surface area contributed by atoms with Gasteiger partial charge in [0, 0.05) is 12.1 Å². The summed E-state index contributed by atoms with van der Waals surface area (Å²) in [5, 5.41) is 10.9. The average Bonchev–Trinajstić information content (AvgIpc) is 2.84. The first kappa shape index (κ1) is 14.2. The molecule has 0 aliphatic carbocycles. The van der Waals surface area contributed by atoms with Crippen LogP contribution in [0.25, 0.3) is 11.0 Å². The van der Waals surface area contributed by atoms with Gasteiger partial charge in [0.2, 0.25) is 0 Å². The highest BCUT2D eigenvalue weighted by Gasteiger charge is 2.41. The number of aromatic nitrogens is 2. The second kappa shape index (κ2) is 4.38. The molecule has 1 aromatic heterocycles. The number of nitro benzene ring substituents is 1. The van der Waals surface area contributed by atoms with Crippen molar-refractivity contribution >= 4 is 38.8 Å². The normalized spacial score (nSPS) is 24.4. The molecule has 2 heterocycles. The largest absolute Gasteiger partial charge is 0.331 e. The second-order valence-corrected chi connectivity index (χ2v) is 8.13. The molecule has 0 amide bonds. The fourth-order valence-corrected chi connectivity index (χ4v) is 5.46. The van der Waals surface area contributed by atoms with E-state index < -0.39 is 20.3 Å². The Bertz CT molecular complexity index is 912. The maximum Gasteiger partial charge on any atom is 0.271 e. The standard InChI is InChI=1S/C12H13N3O4S2/c1-12(4-5-21(18,19)7-12)14-10-6-8(15(16)17)2-3-9(10)13-11(14)20/h2-3,6H,4-5,7H2,1H3,(H,13,20)/t12-/m1/s1. The molecule has 1 aliphatic heterocycles. The fourth-order valence-electron chi connectivity index (χ4n) is 2.91. The van der Waals surface area contributed by atoms with E-state index in [1.54, 1.807) is 10.6 Å². The molecule has 1 aromatic carbocycles. The molecule has 3 rings (SSSR count). The Labute approximate surface area is 125 Å². The van der Waals surface area contributed by atoms with Crippen molar-refractivity contribution in [3.05, 3.63) is 33.1 Å². The minimum Gasteiger partial charge on any atom is -0.331 e. The molecule has 0 bridgehead atoms. The third kappa shape index (κ3) is 2.26. The molecule has 1 atom stereocenters. The lowest BCUT2D eigenvalue weighted by Gasteiger charge is -2.25. The predicted molar refractivity (Wildman–Crippen MR) is 80.7 cm³/mol. The summed E-state index contributed by atoms with van der Waals surface area (Å²) in [5.41, 5.74) is 0.503. The summed E-state index contributed by atoms with van der Waals surface area (Å²) in [6.45, 7) is 1.82. The number of nitrogens with one attached hydrogen (secondary N) is 1. The molecule has 0 spiro atoms. The number of nitro groups is 1. The molecule has 1 fully saturated rings. The van der Waals surface area contributed by atoms with Crippen LogP contribution in [0.1, 0.15) is 13.3 Å². The number of hydrogen-bond donors (Lipinski definition) is 1. The van der Waals surface area contributed by atoms with Crippen molar-refractivity contribution in [2.75, 3.05) is 11.5 Å². The van der Waals surface area contributed by atoms with Crippen LogP contribution >= 0.6 is 12.2 Å². The number of fused-ring (bicyclic) bond motifs is 1. The molecule has 21 heavy (non-hydrogen) atoms. The van der Waals surface area contributed by atoms with Crippen LogP contribution in [-0.2, 0) is 15.4 Å². The zero-order chi connectivity index (χ0) is 15.4. The number of aromatic amines is 1. The van der Waals surface area contributed by atoms with Crippen molar-refractivity contribution in [3.63, 3.8) is 0 Å². The number of benzene rings is 1. The number of rotatable bonds is 2. The molecule has 0 unspecified atom stereocenters. The molecule has 0 radical (unpaired) electrons. The first-order valence-electron chi connectivity index (χ1n) is 6.32. The SMILES string of the molecule is C[C@@]1(n2c(=S)[nH]c3ccc([N+](=O)[O-])cc32)CCS(=O)(=O)C1. The third-order valence-corrected chi connectivity index (χ3v) is 6.07. The molecule has 112 valence electrons. The van der Waals surface area contributed by atoms with Gasteiger partial charge in [-0.05, 0) is 31.6 Å². The van der Waals surface area contributed by atoms with Crippen LogP contribution in [-0.4, -0.2) is 34.4 Å². The van der Waals surface area contributed by atoms with Crippen LogP contribution in [0.15, 0.2) is 18.2 Å². The van der Waals surface area contributed by atoms with E-state index in [2.05, 4.69) is 4.98 Å². The zero-order valence-electron chi connectivity index (χ0n) is 11.2. The lowest BCUT2D eigenvalue weighted by molar-refractivity contribution is -0.384. The van der Waals surface area contributed by atoms with Crippen molar-refractivity contribution in [2.45, 2.75) is 18.9 Å². The minimum absolute atomic E-state index is 0.00997. The Kier molecular flexibility index (Phi) is 2.96. The van der Waals surface area contributed by atoms with Crippen LogP contribution in [0.4, 0.5) is 5.69 Å². The van der Waals surface area contributed by atoms with Crippen LogP contribution in [0.5, 0.6) is 0 Å². The number of hydrogen-bond acceptors (Lipinski definition) is 5. The molecular weight excluding hydrogens is 314 g/mol. The van der Waals surface area contributed by atoms with E-state index in [1.807, 2.05) is 6.92 Å². The van der Waals surface area contributed by atoms with Crippen LogP contribution in [0.2, 0.25) is 0 Å². The van der Waals surface area contributed by atoms with Crippen molar-refractivity contribution in [1.82, 2.24) is 9.55 Å². The first-order valence-corrected chi connectivity index (χ1v) is 8.55. The van der Waals surface area contributed by atoms with Gasteiger partial charge in [-0.15, -0.1) is 0 Å². The summed E-state index contributed by atoms with van der Waals surface area (Å²) in [6.07, 6.45) is 0.444. The molecular formula is C12H13N3O4S2. The number of imidazole rings is 1. The molecule has 1 aliphatic rings. The summed E-state index contributed by atoms with van der Waals surface area (Å²) in [7, 11) is -3.11. The van der Waals surface area contributed by atoms with Crippen LogP contribution in [0.3, 0.4) is 0 Å². The van der Waals surface area contributed by atoms with E-state index in [0.717, 1.165) is 0 Å². The van der Waals surface area contributed by atoms with Gasteiger partial charge in [-0.2, -0.15) is 0 Å². The van der Waals surface area contributed by atoms with Gasteiger partial charge in [-0.1, -0.05) is 0 Å². The zero-order valence-corrected chi connectivity index (χ0v) is 12.8. The van der Waals surface area contributed by atoms with Gasteiger partial charge >= 0.3 is 0 Å². The number of nitrogens with zero attached hydrogens (tertiary/aromatic N) is 2. The van der Waals surface area contributed by atoms with E-state index in [-0.39, 0.29) is 17.2 Å². The van der Waals surface area contributed by atoms with Gasteiger partial charge in [-0.3, -0.25) is 10.1 Å².